The van der Waals surface area contributed by atoms with Crippen LogP contribution in [0.5, 0.6) is 11.6 Å². The summed E-state index contributed by atoms with van der Waals surface area (Å²) in [5, 5.41) is 4.40. The number of pyridine rings is 1. The highest BCUT2D eigenvalue weighted by atomic mass is 16.5. The van der Waals surface area contributed by atoms with Gasteiger partial charge >= 0.3 is 0 Å². The molecule has 2 saturated heterocycles. The third-order valence-corrected chi connectivity index (χ3v) is 4.93. The molecule has 8 nitrogen and oxygen atoms in total. The fraction of sp³-hybridized carbons (Fsp3) is 0.350. The fourth-order valence-electron chi connectivity index (χ4n) is 3.40. The molecular formula is C20H21N3O5. The van der Waals surface area contributed by atoms with E-state index in [9.17, 15) is 9.59 Å². The number of carbonyl (C=O) groups excluding carboxylic acids is 2. The molecule has 146 valence electrons. The number of aromatic nitrogens is 1. The maximum atomic E-state index is 12.1. The normalized spacial score (nSPS) is 20.8. The van der Waals surface area contributed by atoms with E-state index in [0.717, 1.165) is 11.0 Å². The maximum Gasteiger partial charge on any atom is 0.252 e. The molecule has 0 bridgehead atoms. The van der Waals surface area contributed by atoms with Gasteiger partial charge in [0.25, 0.3) is 5.91 Å². The van der Waals surface area contributed by atoms with Crippen LogP contribution in [0, 0.1) is 5.92 Å². The minimum atomic E-state index is -0.567. The third kappa shape index (κ3) is 3.50. The van der Waals surface area contributed by atoms with Crippen LogP contribution >= 0.6 is 0 Å². The molecule has 4 rings (SSSR count). The molecule has 1 aromatic heterocycles. The highest BCUT2D eigenvalue weighted by Gasteiger charge is 2.29. The first kappa shape index (κ1) is 18.2. The molecular weight excluding hydrogens is 362 g/mol. The molecule has 0 radical (unpaired) electrons. The topological polar surface area (TPSA) is 113 Å². The molecule has 3 heterocycles. The molecule has 2 amide bonds. The van der Waals surface area contributed by atoms with Crippen LogP contribution in [0.1, 0.15) is 16.8 Å². The summed E-state index contributed by atoms with van der Waals surface area (Å²) in [6.07, 6.45) is 4.20. The highest BCUT2D eigenvalue weighted by molar-refractivity contribution is 6.01. The van der Waals surface area contributed by atoms with E-state index in [1.165, 1.54) is 7.11 Å². The van der Waals surface area contributed by atoms with Crippen molar-refractivity contribution in [2.45, 2.75) is 12.5 Å². The Labute approximate surface area is 161 Å². The van der Waals surface area contributed by atoms with Crippen molar-refractivity contribution in [3.8, 4) is 11.6 Å². The summed E-state index contributed by atoms with van der Waals surface area (Å²) in [6, 6.07) is 4.99. The lowest BCUT2D eigenvalue weighted by molar-refractivity contribution is -0.116. The van der Waals surface area contributed by atoms with Crippen molar-refractivity contribution in [2.24, 2.45) is 11.7 Å². The number of primary amides is 1. The van der Waals surface area contributed by atoms with Gasteiger partial charge in [0.05, 0.1) is 31.9 Å². The Morgan fingerprint density at radius 2 is 2.25 bits per heavy atom. The van der Waals surface area contributed by atoms with Crippen LogP contribution in [0.2, 0.25) is 0 Å². The van der Waals surface area contributed by atoms with E-state index in [0.29, 0.717) is 48.1 Å². The van der Waals surface area contributed by atoms with E-state index in [1.54, 1.807) is 24.4 Å². The zero-order valence-electron chi connectivity index (χ0n) is 15.4. The average Bonchev–Trinajstić information content (AvgIpc) is 3.01. The number of ether oxygens (including phenoxy) is 3. The Morgan fingerprint density at radius 1 is 1.43 bits per heavy atom. The molecule has 3 N–H and O–H groups in total. The Hall–Kier alpha value is -3.13. The molecule has 28 heavy (non-hydrogen) atoms. The Balaban J connectivity index is 1.51. The first-order chi connectivity index (χ1) is 13.5. The molecule has 0 aliphatic carbocycles. The van der Waals surface area contributed by atoms with E-state index in [4.69, 9.17) is 19.9 Å². The molecule has 0 unspecified atom stereocenters. The van der Waals surface area contributed by atoms with Crippen LogP contribution in [0.25, 0.3) is 10.8 Å². The Morgan fingerprint density at radius 3 is 2.93 bits per heavy atom. The number of hydrogen-bond acceptors (Lipinski definition) is 6. The van der Waals surface area contributed by atoms with E-state index in [2.05, 4.69) is 10.3 Å². The van der Waals surface area contributed by atoms with E-state index < -0.39 is 5.91 Å². The van der Waals surface area contributed by atoms with Gasteiger partial charge in [-0.05, 0) is 23.6 Å². The summed E-state index contributed by atoms with van der Waals surface area (Å²) in [6.45, 7) is 1.64. The fourth-order valence-corrected chi connectivity index (χ4v) is 3.40. The number of amides is 2. The van der Waals surface area contributed by atoms with Gasteiger partial charge in [-0.15, -0.1) is 0 Å². The van der Waals surface area contributed by atoms with Crippen LogP contribution in [-0.2, 0) is 9.53 Å². The molecule has 1 aromatic carbocycles. The van der Waals surface area contributed by atoms with Gasteiger partial charge in [-0.3, -0.25) is 9.59 Å². The zero-order valence-corrected chi connectivity index (χ0v) is 15.4. The Bertz CT molecular complexity index is 968. The summed E-state index contributed by atoms with van der Waals surface area (Å²) in [5.74, 6) is 0.472. The number of rotatable bonds is 6. The molecule has 2 aliphatic rings. The van der Waals surface area contributed by atoms with Crippen molar-refractivity contribution >= 4 is 22.6 Å². The van der Waals surface area contributed by atoms with Gasteiger partial charge in [0.15, 0.2) is 0 Å². The molecule has 8 heteroatoms. The summed E-state index contributed by atoms with van der Waals surface area (Å²) in [4.78, 5) is 28.0. The van der Waals surface area contributed by atoms with Gasteiger partial charge in [-0.1, -0.05) is 6.08 Å². The average molecular weight is 383 g/mol. The monoisotopic (exact) mass is 383 g/mol. The number of methoxy groups -OCH3 is 1. The molecule has 2 fully saturated rings. The van der Waals surface area contributed by atoms with Gasteiger partial charge in [-0.2, -0.15) is 0 Å². The summed E-state index contributed by atoms with van der Waals surface area (Å²) >= 11 is 0. The van der Waals surface area contributed by atoms with Gasteiger partial charge in [0, 0.05) is 29.5 Å². The number of hydrogen-bond donors (Lipinski definition) is 2. The quantitative estimate of drug-likeness (QED) is 0.725. The molecule has 1 atom stereocenters. The predicted octanol–water partition coefficient (Wildman–Crippen LogP) is 1.18. The van der Waals surface area contributed by atoms with Crippen molar-refractivity contribution in [3.63, 3.8) is 0 Å². The van der Waals surface area contributed by atoms with Crippen molar-refractivity contribution in [2.75, 3.05) is 26.9 Å². The summed E-state index contributed by atoms with van der Waals surface area (Å²) in [5.41, 5.74) is 6.49. The molecule has 0 spiro atoms. The van der Waals surface area contributed by atoms with Crippen LogP contribution in [0.15, 0.2) is 36.0 Å². The minimum absolute atomic E-state index is 0.0563. The number of nitrogens with one attached hydrogen (secondary N) is 1. The van der Waals surface area contributed by atoms with E-state index in [-0.39, 0.29) is 18.6 Å². The number of nitrogens with two attached hydrogens (primary N) is 1. The lowest BCUT2D eigenvalue weighted by atomic mass is 10.0. The van der Waals surface area contributed by atoms with Crippen molar-refractivity contribution in [1.29, 1.82) is 0 Å². The van der Waals surface area contributed by atoms with Crippen molar-refractivity contribution in [3.05, 3.63) is 41.6 Å². The summed E-state index contributed by atoms with van der Waals surface area (Å²) in [7, 11) is 1.47. The maximum absolute atomic E-state index is 12.1. The first-order valence-electron chi connectivity index (χ1n) is 9.04. The second-order valence-electron chi connectivity index (χ2n) is 6.93. The predicted molar refractivity (Wildman–Crippen MR) is 101 cm³/mol. The van der Waals surface area contributed by atoms with Crippen molar-refractivity contribution in [1.82, 2.24) is 10.3 Å². The standard InChI is InChI=1S/C20H21N3O5/c1-26-17-7-15-12(6-16(17)18(21)24)2-3-22-20(15)28-10-14-5-13(19(25)23-14)4-11-8-27-9-11/h2-4,6-7,11,14H,5,8-10H2,1H3,(H2,21,24)(H,23,25)/t14-/m0/s1. The van der Waals surface area contributed by atoms with E-state index in [1.807, 2.05) is 6.08 Å². The van der Waals surface area contributed by atoms with Gasteiger partial charge in [0.1, 0.15) is 12.4 Å². The van der Waals surface area contributed by atoms with Crippen LogP contribution in [0.3, 0.4) is 0 Å². The first-order valence-corrected chi connectivity index (χ1v) is 9.04. The molecule has 0 saturated carbocycles. The second kappa shape index (κ2) is 7.47. The van der Waals surface area contributed by atoms with Gasteiger partial charge in [0.2, 0.25) is 11.8 Å². The van der Waals surface area contributed by atoms with Crippen LogP contribution < -0.4 is 20.5 Å². The van der Waals surface area contributed by atoms with Gasteiger partial charge < -0.3 is 25.3 Å². The molecule has 2 aliphatic heterocycles. The van der Waals surface area contributed by atoms with Crippen molar-refractivity contribution < 1.29 is 23.8 Å². The van der Waals surface area contributed by atoms with Crippen LogP contribution in [0.4, 0.5) is 0 Å². The SMILES string of the molecule is COc1cc2c(OC[C@@H]3CC(=CC4COC4)C(=O)N3)nccc2cc1C(N)=O. The number of carbonyl (C=O) groups is 2. The third-order valence-electron chi connectivity index (χ3n) is 4.93. The van der Waals surface area contributed by atoms with Crippen LogP contribution in [-0.4, -0.2) is 49.8 Å². The van der Waals surface area contributed by atoms with Gasteiger partial charge in [-0.25, -0.2) is 4.98 Å². The number of nitrogens with zero attached hydrogens (tertiary/aromatic N) is 1. The zero-order chi connectivity index (χ0) is 19.7. The highest BCUT2D eigenvalue weighted by Crippen LogP contribution is 2.31. The van der Waals surface area contributed by atoms with E-state index >= 15 is 0 Å². The number of fused-ring (bicyclic) bond motifs is 1. The minimum Gasteiger partial charge on any atom is -0.496 e. The lowest BCUT2D eigenvalue weighted by Crippen LogP contribution is -2.31. The lowest BCUT2D eigenvalue weighted by Gasteiger charge is -2.22. The largest absolute Gasteiger partial charge is 0.496 e. The number of benzene rings is 1. The smallest absolute Gasteiger partial charge is 0.252 e. The second-order valence-corrected chi connectivity index (χ2v) is 6.93. The molecule has 2 aromatic rings. The summed E-state index contributed by atoms with van der Waals surface area (Å²) < 4.78 is 16.3. The Kier molecular flexibility index (Phi) is 4.87.